The number of carboxylic acids is 4. The van der Waals surface area contributed by atoms with Crippen molar-refractivity contribution in [2.75, 3.05) is 0 Å². The molecule has 0 aromatic heterocycles. The molecule has 0 radical (unpaired) electrons. The lowest BCUT2D eigenvalue weighted by Crippen LogP contribution is -2.50. The van der Waals surface area contributed by atoms with Crippen molar-refractivity contribution in [3.05, 3.63) is 0 Å². The van der Waals surface area contributed by atoms with Gasteiger partial charge in [-0.1, -0.05) is 19.3 Å². The second kappa shape index (κ2) is 32.3. The molecule has 1 aliphatic carbocycles. The Kier molecular flexibility index (Phi) is 57.8. The molecule has 28 heavy (non-hydrogen) atoms. The molecule has 0 unspecified atom stereocenters. The highest BCUT2D eigenvalue weighted by molar-refractivity contribution is 5.63. The summed E-state index contributed by atoms with van der Waals surface area (Å²) in [4.78, 5) is 36.0. The van der Waals surface area contributed by atoms with Gasteiger partial charge in [-0.3, -0.25) is 19.2 Å². The number of hydrogen-bond donors (Lipinski definition) is 10. The van der Waals surface area contributed by atoms with Crippen LogP contribution in [0.25, 0.3) is 0 Å². The van der Waals surface area contributed by atoms with Crippen molar-refractivity contribution < 1.29 is 39.6 Å². The summed E-state index contributed by atoms with van der Waals surface area (Å²) in [6, 6.07) is 0. The minimum absolute atomic E-state index is 0. The van der Waals surface area contributed by atoms with Crippen LogP contribution in [0.15, 0.2) is 0 Å². The van der Waals surface area contributed by atoms with E-state index in [1.54, 1.807) is 0 Å². The van der Waals surface area contributed by atoms with Crippen molar-refractivity contribution in [2.45, 2.75) is 65.5 Å². The number of nitrogens with two attached hydrogens (primary N) is 2. The molecule has 14 heteroatoms. The smallest absolute Gasteiger partial charge is 0.300 e. The van der Waals surface area contributed by atoms with Crippen LogP contribution < -0.4 is 36.1 Å². The lowest BCUT2D eigenvalue weighted by atomic mass is 9.91. The van der Waals surface area contributed by atoms with Crippen LogP contribution in [0.4, 0.5) is 0 Å². The van der Waals surface area contributed by atoms with Gasteiger partial charge in [0.2, 0.25) is 0 Å². The summed E-state index contributed by atoms with van der Waals surface area (Å²) in [6.07, 6.45) is 5.76. The van der Waals surface area contributed by atoms with E-state index >= 15 is 0 Å². The van der Waals surface area contributed by atoms with Gasteiger partial charge in [-0.2, -0.15) is 0 Å². The lowest BCUT2D eigenvalue weighted by molar-refractivity contribution is -0.135. The highest BCUT2D eigenvalue weighted by Gasteiger charge is 2.21. The van der Waals surface area contributed by atoms with Gasteiger partial charge in [0.15, 0.2) is 0 Å². The Hall–Kier alpha value is -2.36. The second-order valence-corrected chi connectivity index (χ2v) is 4.87. The van der Waals surface area contributed by atoms with Gasteiger partial charge >= 0.3 is 0 Å². The van der Waals surface area contributed by atoms with Gasteiger partial charge in [0, 0.05) is 27.7 Å². The first-order chi connectivity index (χ1) is 10.6. The van der Waals surface area contributed by atoms with E-state index in [4.69, 9.17) is 51.1 Å². The molecule has 1 aliphatic rings. The summed E-state index contributed by atoms with van der Waals surface area (Å²) in [5.74, 6) is -3.33. The lowest BCUT2D eigenvalue weighted by Gasteiger charge is -2.28. The van der Waals surface area contributed by atoms with Crippen molar-refractivity contribution in [1.29, 1.82) is 0 Å². The van der Waals surface area contributed by atoms with E-state index in [1.807, 2.05) is 0 Å². The molecule has 0 heterocycles. The third-order valence-corrected chi connectivity index (χ3v) is 1.78. The van der Waals surface area contributed by atoms with Gasteiger partial charge in [0.25, 0.3) is 23.9 Å². The zero-order chi connectivity index (χ0) is 20.3. The third kappa shape index (κ3) is 208. The summed E-state index contributed by atoms with van der Waals surface area (Å²) in [5, 5.41) is 29.7. The highest BCUT2D eigenvalue weighted by Crippen LogP contribution is 2.20. The van der Waals surface area contributed by atoms with E-state index in [-0.39, 0.29) is 30.3 Å². The Morgan fingerprint density at radius 1 is 0.571 bits per heavy atom. The first-order valence-corrected chi connectivity index (χ1v) is 7.00. The molecule has 1 saturated carbocycles. The highest BCUT2D eigenvalue weighted by atomic mass is 16.4. The standard InChI is InChI=1S/C6H14N2.4C2H4O2.4H3N/c7-6(8)4-2-1-3-5-6;4*1-2(3)4;;;;/h1-5,7-8H2;4*1H3,(H,3,4);4*1H3. The zero-order valence-electron chi connectivity index (χ0n) is 17.4. The zero-order valence-corrected chi connectivity index (χ0v) is 17.4. The van der Waals surface area contributed by atoms with E-state index in [0.29, 0.717) is 0 Å². The fraction of sp³-hybridized carbons (Fsp3) is 0.714. The van der Waals surface area contributed by atoms with Crippen LogP contribution in [0, 0.1) is 0 Å². The van der Waals surface area contributed by atoms with Crippen LogP contribution in [0.2, 0.25) is 0 Å². The van der Waals surface area contributed by atoms with Crippen molar-refractivity contribution >= 4 is 23.9 Å². The quantitative estimate of drug-likeness (QED) is 0.247. The summed E-state index contributed by atoms with van der Waals surface area (Å²) in [6.45, 7) is 4.33. The minimum Gasteiger partial charge on any atom is -0.481 e. The molecule has 0 aromatic rings. The molecule has 14 nitrogen and oxygen atoms in total. The third-order valence-electron chi connectivity index (χ3n) is 1.78. The van der Waals surface area contributed by atoms with Gasteiger partial charge in [0.05, 0.1) is 5.66 Å². The molecule has 0 spiro atoms. The molecule has 20 N–H and O–H groups in total. The molecule has 0 saturated heterocycles. The second-order valence-electron chi connectivity index (χ2n) is 4.87. The fourth-order valence-electron chi connectivity index (χ4n) is 1.21. The molecule has 1 rings (SSSR count). The number of carboxylic acid groups (broad SMARTS) is 4. The Labute approximate surface area is 166 Å². The van der Waals surface area contributed by atoms with Crippen LogP contribution in [0.5, 0.6) is 0 Å². The van der Waals surface area contributed by atoms with Crippen LogP contribution in [-0.2, 0) is 19.2 Å². The van der Waals surface area contributed by atoms with Gasteiger partial charge in [-0.05, 0) is 12.8 Å². The van der Waals surface area contributed by atoms with Gasteiger partial charge in [-0.15, -0.1) is 0 Å². The summed E-state index contributed by atoms with van der Waals surface area (Å²) in [7, 11) is 0. The first kappa shape index (κ1) is 50.0. The van der Waals surface area contributed by atoms with Crippen molar-refractivity contribution in [3.63, 3.8) is 0 Å². The number of aliphatic carboxylic acids is 4. The number of carbonyl (C=O) groups is 4. The Morgan fingerprint density at radius 2 is 0.714 bits per heavy atom. The molecular formula is C14H42N6O8. The normalized spacial score (nSPS) is 11.5. The fourth-order valence-corrected chi connectivity index (χ4v) is 1.21. The average Bonchev–Trinajstić information content (AvgIpc) is 2.24. The largest absolute Gasteiger partial charge is 0.481 e. The topological polar surface area (TPSA) is 341 Å². The molecule has 0 aromatic carbocycles. The number of hydrogen-bond acceptors (Lipinski definition) is 10. The minimum atomic E-state index is -0.833. The van der Waals surface area contributed by atoms with E-state index in [2.05, 4.69) is 0 Å². The van der Waals surface area contributed by atoms with E-state index in [0.717, 1.165) is 40.5 Å². The molecule has 176 valence electrons. The van der Waals surface area contributed by atoms with Crippen LogP contribution in [0.1, 0.15) is 59.8 Å². The van der Waals surface area contributed by atoms with Gasteiger partial charge in [0.1, 0.15) is 0 Å². The summed E-state index contributed by atoms with van der Waals surface area (Å²) >= 11 is 0. The predicted octanol–water partition coefficient (Wildman–Crippen LogP) is 1.58. The van der Waals surface area contributed by atoms with E-state index < -0.39 is 23.9 Å². The van der Waals surface area contributed by atoms with Crippen molar-refractivity contribution in [3.8, 4) is 0 Å². The monoisotopic (exact) mass is 422 g/mol. The van der Waals surface area contributed by atoms with Crippen LogP contribution in [-0.4, -0.2) is 50.0 Å². The predicted molar refractivity (Wildman–Crippen MR) is 108 cm³/mol. The molecule has 0 atom stereocenters. The van der Waals surface area contributed by atoms with Crippen molar-refractivity contribution in [1.82, 2.24) is 24.6 Å². The molecular weight excluding hydrogens is 380 g/mol. The van der Waals surface area contributed by atoms with Crippen LogP contribution in [0.3, 0.4) is 0 Å². The van der Waals surface area contributed by atoms with E-state index in [1.165, 1.54) is 19.3 Å². The maximum atomic E-state index is 9.00. The SMILES string of the molecule is CC(=O)O.CC(=O)O.CC(=O)O.CC(=O)O.N.N.N.N.NC1(N)CCCCC1. The Morgan fingerprint density at radius 3 is 0.786 bits per heavy atom. The Balaban J connectivity index is -0.0000000300. The molecule has 1 fully saturated rings. The van der Waals surface area contributed by atoms with Crippen molar-refractivity contribution in [2.24, 2.45) is 11.5 Å². The van der Waals surface area contributed by atoms with Gasteiger partial charge in [-0.25, -0.2) is 0 Å². The molecule has 0 aliphatic heterocycles. The summed E-state index contributed by atoms with van der Waals surface area (Å²) < 4.78 is 0. The maximum Gasteiger partial charge on any atom is 0.300 e. The molecule has 0 amide bonds. The first-order valence-electron chi connectivity index (χ1n) is 7.00. The average molecular weight is 423 g/mol. The van der Waals surface area contributed by atoms with E-state index in [9.17, 15) is 0 Å². The maximum absolute atomic E-state index is 9.00. The van der Waals surface area contributed by atoms with Gasteiger partial charge < -0.3 is 56.5 Å². The summed E-state index contributed by atoms with van der Waals surface area (Å²) in [5.41, 5.74) is 11.0. The number of rotatable bonds is 0. The Bertz CT molecular complexity index is 309. The molecule has 0 bridgehead atoms. The van der Waals surface area contributed by atoms with Crippen LogP contribution >= 0.6 is 0 Å².